The van der Waals surface area contributed by atoms with Crippen LogP contribution >= 0.6 is 0 Å². The van der Waals surface area contributed by atoms with Gasteiger partial charge in [-0.2, -0.15) is 0 Å². The van der Waals surface area contributed by atoms with E-state index in [0.29, 0.717) is 17.4 Å². The lowest BCUT2D eigenvalue weighted by Gasteiger charge is -2.37. The highest BCUT2D eigenvalue weighted by Gasteiger charge is 2.38. The number of allylic oxidation sites excluding steroid dienone is 2. The van der Waals surface area contributed by atoms with Gasteiger partial charge in [0.05, 0.1) is 30.8 Å². The Hall–Kier alpha value is -3.45. The molecule has 7 heteroatoms. The maximum absolute atomic E-state index is 13.2. The quantitative estimate of drug-likeness (QED) is 0.484. The van der Waals surface area contributed by atoms with E-state index in [4.69, 9.17) is 9.47 Å². The Morgan fingerprint density at radius 1 is 0.970 bits per heavy atom. The molecule has 0 unspecified atom stereocenters. The van der Waals surface area contributed by atoms with E-state index in [1.807, 2.05) is 18.2 Å². The highest BCUT2D eigenvalue weighted by molar-refractivity contribution is 7.92. The third kappa shape index (κ3) is 3.93. The fraction of sp³-hybridized carbons (Fsp3) is 0.231. The SMILES string of the molecule is COc1ccc([C@H]2Nc3ccc(S(=O)(=O)Nc4ccccc4OC)cc3[C@H]3C=CC[C@H]32)cc1. The number of para-hydroxylation sites is 2. The smallest absolute Gasteiger partial charge is 0.262 e. The molecule has 3 atom stereocenters. The first-order valence-electron chi connectivity index (χ1n) is 10.9. The van der Waals surface area contributed by atoms with Gasteiger partial charge in [-0.05, 0) is 65.9 Å². The lowest BCUT2D eigenvalue weighted by molar-refractivity contribution is 0.411. The van der Waals surface area contributed by atoms with Crippen molar-refractivity contribution in [3.8, 4) is 11.5 Å². The molecule has 0 fully saturated rings. The fourth-order valence-corrected chi connectivity index (χ4v) is 5.92. The predicted molar refractivity (Wildman–Crippen MR) is 130 cm³/mol. The molecular formula is C26H26N2O4S. The van der Waals surface area contributed by atoms with Gasteiger partial charge in [0.15, 0.2) is 0 Å². The zero-order chi connectivity index (χ0) is 23.0. The molecule has 0 spiro atoms. The fourth-order valence-electron chi connectivity index (χ4n) is 4.81. The molecule has 2 N–H and O–H groups in total. The molecule has 0 bridgehead atoms. The van der Waals surface area contributed by atoms with Crippen LogP contribution in [0.25, 0.3) is 0 Å². The Morgan fingerprint density at radius 2 is 1.76 bits per heavy atom. The van der Waals surface area contributed by atoms with Gasteiger partial charge in [0.1, 0.15) is 11.5 Å². The molecular weight excluding hydrogens is 436 g/mol. The Balaban J connectivity index is 1.47. The Morgan fingerprint density at radius 3 is 2.52 bits per heavy atom. The van der Waals surface area contributed by atoms with Crippen LogP contribution in [0.5, 0.6) is 11.5 Å². The number of rotatable bonds is 6. The van der Waals surface area contributed by atoms with E-state index in [9.17, 15) is 8.42 Å². The van der Waals surface area contributed by atoms with Crippen LogP contribution in [-0.4, -0.2) is 22.6 Å². The molecule has 3 aromatic rings. The van der Waals surface area contributed by atoms with Crippen LogP contribution in [0.2, 0.25) is 0 Å². The first-order chi connectivity index (χ1) is 16.0. The molecule has 0 saturated carbocycles. The van der Waals surface area contributed by atoms with Gasteiger partial charge in [-0.1, -0.05) is 36.4 Å². The van der Waals surface area contributed by atoms with E-state index in [1.54, 1.807) is 43.5 Å². The lowest BCUT2D eigenvalue weighted by atomic mass is 9.77. The summed E-state index contributed by atoms with van der Waals surface area (Å²) in [6, 6.07) is 20.5. The van der Waals surface area contributed by atoms with E-state index in [-0.39, 0.29) is 16.9 Å². The maximum atomic E-state index is 13.2. The number of nitrogens with one attached hydrogen (secondary N) is 2. The molecule has 33 heavy (non-hydrogen) atoms. The van der Waals surface area contributed by atoms with Gasteiger partial charge in [-0.15, -0.1) is 0 Å². The highest BCUT2D eigenvalue weighted by Crippen LogP contribution is 2.50. The monoisotopic (exact) mass is 462 g/mol. The van der Waals surface area contributed by atoms with Gasteiger partial charge in [-0.3, -0.25) is 4.72 Å². The van der Waals surface area contributed by atoms with Crippen molar-refractivity contribution in [1.29, 1.82) is 0 Å². The Labute approximate surface area is 194 Å². The van der Waals surface area contributed by atoms with Crippen molar-refractivity contribution in [3.63, 3.8) is 0 Å². The summed E-state index contributed by atoms with van der Waals surface area (Å²) in [7, 11) is -0.598. The minimum absolute atomic E-state index is 0.137. The second-order valence-corrected chi connectivity index (χ2v) is 9.99. The van der Waals surface area contributed by atoms with Crippen molar-refractivity contribution >= 4 is 21.4 Å². The molecule has 3 aromatic carbocycles. The molecule has 1 aliphatic carbocycles. The number of benzene rings is 3. The summed E-state index contributed by atoms with van der Waals surface area (Å²) in [6.45, 7) is 0. The van der Waals surface area contributed by atoms with Crippen molar-refractivity contribution in [1.82, 2.24) is 0 Å². The summed E-state index contributed by atoms with van der Waals surface area (Å²) in [5, 5.41) is 3.65. The average Bonchev–Trinajstić information content (AvgIpc) is 3.34. The number of anilines is 2. The maximum Gasteiger partial charge on any atom is 0.262 e. The number of sulfonamides is 1. The third-order valence-corrected chi connectivity index (χ3v) is 7.83. The Bertz CT molecular complexity index is 1300. The van der Waals surface area contributed by atoms with Crippen LogP contribution in [0.1, 0.15) is 29.5 Å². The standard InChI is InChI=1S/C26H26N2O4S/c1-31-18-12-10-17(11-13-18)26-21-7-5-6-20(21)22-16-19(14-15-23(22)27-26)33(29,30)28-24-8-3-4-9-25(24)32-2/h3-6,8-16,20-21,26-28H,7H2,1-2H3/t20-,21+,26+/m0/s1. The summed E-state index contributed by atoms with van der Waals surface area (Å²) < 4.78 is 39.6. The lowest BCUT2D eigenvalue weighted by Crippen LogP contribution is -2.29. The van der Waals surface area contributed by atoms with Crippen LogP contribution in [-0.2, 0) is 10.0 Å². The van der Waals surface area contributed by atoms with Crippen LogP contribution in [0.4, 0.5) is 11.4 Å². The van der Waals surface area contributed by atoms with E-state index < -0.39 is 10.0 Å². The van der Waals surface area contributed by atoms with Crippen molar-refractivity contribution in [2.75, 3.05) is 24.3 Å². The number of methoxy groups -OCH3 is 2. The number of ether oxygens (including phenoxy) is 2. The summed E-state index contributed by atoms with van der Waals surface area (Å²) >= 11 is 0. The topological polar surface area (TPSA) is 76.7 Å². The summed E-state index contributed by atoms with van der Waals surface area (Å²) in [5.74, 6) is 1.76. The van der Waals surface area contributed by atoms with E-state index in [2.05, 4.69) is 34.3 Å². The zero-order valence-corrected chi connectivity index (χ0v) is 19.3. The molecule has 170 valence electrons. The van der Waals surface area contributed by atoms with Crippen molar-refractivity contribution in [3.05, 3.63) is 90.0 Å². The molecule has 2 aliphatic rings. The number of fused-ring (bicyclic) bond motifs is 3. The highest BCUT2D eigenvalue weighted by atomic mass is 32.2. The van der Waals surface area contributed by atoms with Crippen LogP contribution < -0.4 is 19.5 Å². The predicted octanol–water partition coefficient (Wildman–Crippen LogP) is 5.33. The minimum Gasteiger partial charge on any atom is -0.497 e. The molecule has 0 aromatic heterocycles. The molecule has 5 rings (SSSR count). The molecule has 1 aliphatic heterocycles. The second-order valence-electron chi connectivity index (χ2n) is 8.30. The van der Waals surface area contributed by atoms with Gasteiger partial charge in [0.2, 0.25) is 0 Å². The Kier molecular flexibility index (Phi) is 5.50. The first-order valence-corrected chi connectivity index (χ1v) is 12.4. The van der Waals surface area contributed by atoms with Crippen LogP contribution in [0, 0.1) is 5.92 Å². The summed E-state index contributed by atoms with van der Waals surface area (Å²) in [5.41, 5.74) is 3.56. The van der Waals surface area contributed by atoms with Crippen molar-refractivity contribution < 1.29 is 17.9 Å². The summed E-state index contributed by atoms with van der Waals surface area (Å²) in [4.78, 5) is 0.232. The first kappa shape index (κ1) is 21.4. The van der Waals surface area contributed by atoms with Crippen LogP contribution in [0.3, 0.4) is 0 Å². The molecule has 1 heterocycles. The number of hydrogen-bond donors (Lipinski definition) is 2. The minimum atomic E-state index is -3.78. The molecule has 0 saturated heterocycles. The largest absolute Gasteiger partial charge is 0.497 e. The second kappa shape index (κ2) is 8.48. The van der Waals surface area contributed by atoms with Crippen molar-refractivity contribution in [2.24, 2.45) is 5.92 Å². The zero-order valence-electron chi connectivity index (χ0n) is 18.5. The van der Waals surface area contributed by atoms with E-state index >= 15 is 0 Å². The van der Waals surface area contributed by atoms with Gasteiger partial charge in [0, 0.05) is 11.6 Å². The molecule has 0 radical (unpaired) electrons. The molecule has 0 amide bonds. The van der Waals surface area contributed by atoms with Gasteiger partial charge >= 0.3 is 0 Å². The normalized spacial score (nSPS) is 21.0. The van der Waals surface area contributed by atoms with Gasteiger partial charge < -0.3 is 14.8 Å². The van der Waals surface area contributed by atoms with Crippen molar-refractivity contribution in [2.45, 2.75) is 23.3 Å². The average molecular weight is 463 g/mol. The third-order valence-electron chi connectivity index (χ3n) is 6.47. The molecule has 6 nitrogen and oxygen atoms in total. The van der Waals surface area contributed by atoms with Gasteiger partial charge in [0.25, 0.3) is 10.0 Å². The van der Waals surface area contributed by atoms with Crippen LogP contribution in [0.15, 0.2) is 83.8 Å². The number of hydrogen-bond acceptors (Lipinski definition) is 5. The van der Waals surface area contributed by atoms with E-state index in [0.717, 1.165) is 23.4 Å². The van der Waals surface area contributed by atoms with E-state index in [1.165, 1.54) is 12.7 Å². The summed E-state index contributed by atoms with van der Waals surface area (Å²) in [6.07, 6.45) is 5.33. The van der Waals surface area contributed by atoms with Gasteiger partial charge in [-0.25, -0.2) is 8.42 Å².